The Labute approximate surface area is 331 Å². The lowest BCUT2D eigenvalue weighted by Crippen LogP contribution is -2.81. The number of nitrogens with one attached hydrogen (secondary N) is 1. The van der Waals surface area contributed by atoms with E-state index in [-0.39, 0.29) is 35.8 Å². The van der Waals surface area contributed by atoms with Crippen LogP contribution in [-0.2, 0) is 28.5 Å². The number of Topliss-reactive ketones (excluding diaryl/α,β-unsaturated/α-hetero) is 1. The van der Waals surface area contributed by atoms with Gasteiger partial charge in [-0.05, 0) is 68.4 Å². The standard InChI is InChI=1S/C43H53NO13/c1-23-27(56-38(50)33(47)31(24-14-8-5-9-15-24)44-39(51)55-26-18-12-7-13-19-26)21-43(53)36(57-37(49)25-16-10-6-11-17-25)34-41(4,28(45)20-29-42(34,52)22-54-29)35(48)32(46)30(23)40(43,2)3/h5-6,8-11,14-17,26-29,31-34,36,45-47,52-53H,7,12-13,18-22H2,1-4H3,(H,44,51)/t27?,28-,29+,31-,32+,33+,34-,36-,41+,42-,43+/m0/s1. The molecule has 308 valence electrons. The molecule has 2 aromatic rings. The summed E-state index contributed by atoms with van der Waals surface area (Å²) < 4.78 is 23.5. The van der Waals surface area contributed by atoms with Gasteiger partial charge in [0.05, 0.1) is 35.8 Å². The number of carbonyl (C=O) groups excluding carboxylic acids is 4. The number of ether oxygens (including phenoxy) is 4. The summed E-state index contributed by atoms with van der Waals surface area (Å²) in [5, 5.41) is 63.5. The van der Waals surface area contributed by atoms with Crippen molar-refractivity contribution in [3.05, 3.63) is 82.9 Å². The molecule has 4 aliphatic carbocycles. The van der Waals surface area contributed by atoms with Crippen molar-refractivity contribution in [1.29, 1.82) is 0 Å². The summed E-state index contributed by atoms with van der Waals surface area (Å²) in [5.74, 6) is -4.50. The smallest absolute Gasteiger partial charge is 0.407 e. The summed E-state index contributed by atoms with van der Waals surface area (Å²) in [4.78, 5) is 55.9. The van der Waals surface area contributed by atoms with Gasteiger partial charge in [0.15, 0.2) is 11.9 Å². The quantitative estimate of drug-likeness (QED) is 0.129. The first kappa shape index (κ1) is 41.0. The number of amides is 1. The van der Waals surface area contributed by atoms with Crippen LogP contribution in [0.15, 0.2) is 71.8 Å². The molecular weight excluding hydrogens is 738 g/mol. The summed E-state index contributed by atoms with van der Waals surface area (Å²) in [6, 6.07) is 14.9. The molecule has 0 radical (unpaired) electrons. The zero-order valence-electron chi connectivity index (χ0n) is 32.6. The van der Waals surface area contributed by atoms with Gasteiger partial charge < -0.3 is 49.8 Å². The number of carbonyl (C=O) groups is 4. The molecule has 1 saturated heterocycles. The van der Waals surface area contributed by atoms with Crippen molar-refractivity contribution in [3.63, 3.8) is 0 Å². The Hall–Kier alpha value is -4.18. The van der Waals surface area contributed by atoms with Crippen LogP contribution >= 0.6 is 0 Å². The van der Waals surface area contributed by atoms with E-state index in [1.807, 2.05) is 0 Å². The molecule has 1 amide bonds. The largest absolute Gasteiger partial charge is 0.456 e. The summed E-state index contributed by atoms with van der Waals surface area (Å²) in [7, 11) is 0. The highest BCUT2D eigenvalue weighted by atomic mass is 16.6. The van der Waals surface area contributed by atoms with Gasteiger partial charge >= 0.3 is 18.0 Å². The molecule has 57 heavy (non-hydrogen) atoms. The molecule has 2 bridgehead atoms. The van der Waals surface area contributed by atoms with Gasteiger partial charge in [0.2, 0.25) is 0 Å². The highest BCUT2D eigenvalue weighted by Gasteiger charge is 2.76. The lowest BCUT2D eigenvalue weighted by molar-refractivity contribution is -0.343. The zero-order valence-corrected chi connectivity index (χ0v) is 32.6. The van der Waals surface area contributed by atoms with E-state index in [9.17, 15) is 44.7 Å². The Morgan fingerprint density at radius 3 is 2.14 bits per heavy atom. The van der Waals surface area contributed by atoms with Crippen LogP contribution in [0.4, 0.5) is 4.79 Å². The van der Waals surface area contributed by atoms with Crippen LogP contribution in [0.25, 0.3) is 0 Å². The first-order valence-electron chi connectivity index (χ1n) is 19.8. The van der Waals surface area contributed by atoms with Crippen LogP contribution in [0.2, 0.25) is 0 Å². The van der Waals surface area contributed by atoms with Crippen LogP contribution in [0.3, 0.4) is 0 Å². The zero-order chi connectivity index (χ0) is 41.1. The van der Waals surface area contributed by atoms with Crippen molar-refractivity contribution >= 4 is 23.8 Å². The molecule has 0 aromatic heterocycles. The number of aliphatic hydroxyl groups excluding tert-OH is 3. The van der Waals surface area contributed by atoms with E-state index in [4.69, 9.17) is 18.9 Å². The van der Waals surface area contributed by atoms with E-state index in [2.05, 4.69) is 5.32 Å². The maximum atomic E-state index is 14.7. The number of alkyl carbamates (subject to hydrolysis) is 1. The molecular formula is C43H53NO13. The Morgan fingerprint density at radius 2 is 1.53 bits per heavy atom. The van der Waals surface area contributed by atoms with Gasteiger partial charge in [-0.2, -0.15) is 0 Å². The van der Waals surface area contributed by atoms with Gasteiger partial charge in [-0.15, -0.1) is 0 Å². The monoisotopic (exact) mass is 791 g/mol. The lowest BCUT2D eigenvalue weighted by atomic mass is 9.44. The second-order valence-corrected chi connectivity index (χ2v) is 17.2. The fraction of sp³-hybridized carbons (Fsp3) is 0.581. The second kappa shape index (κ2) is 15.2. The number of rotatable bonds is 8. The third-order valence-electron chi connectivity index (χ3n) is 13.7. The SMILES string of the molecule is CC1=C2[C@@H](O)C(=O)[C@@]3(C)[C@H]([C@H](OC(=O)c4ccccc4)[C@](O)(CC1OC(=O)[C@H](O)[C@@H](NC(=O)OC1CCCCC1)c1ccccc1)C2(C)C)[C@]1(O)CO[C@@H]1C[C@@H]3O. The molecule has 3 saturated carbocycles. The maximum Gasteiger partial charge on any atom is 0.407 e. The predicted molar refractivity (Wildman–Crippen MR) is 201 cm³/mol. The molecule has 14 nitrogen and oxygen atoms in total. The van der Waals surface area contributed by atoms with E-state index in [0.29, 0.717) is 18.4 Å². The van der Waals surface area contributed by atoms with Crippen LogP contribution < -0.4 is 5.32 Å². The molecule has 1 heterocycles. The van der Waals surface area contributed by atoms with E-state index in [1.165, 1.54) is 26.0 Å². The van der Waals surface area contributed by atoms with Crippen molar-refractivity contribution in [2.24, 2.45) is 16.7 Å². The average molecular weight is 792 g/mol. The Kier molecular flexibility index (Phi) is 10.9. The number of benzene rings is 2. The molecule has 7 rings (SSSR count). The summed E-state index contributed by atoms with van der Waals surface area (Å²) in [6.07, 6.45) is -7.15. The lowest BCUT2D eigenvalue weighted by Gasteiger charge is -2.66. The van der Waals surface area contributed by atoms with E-state index in [1.54, 1.807) is 62.4 Å². The number of esters is 2. The molecule has 4 fully saturated rings. The molecule has 14 heteroatoms. The van der Waals surface area contributed by atoms with Crippen LogP contribution in [-0.4, -0.2) is 110 Å². The summed E-state index contributed by atoms with van der Waals surface area (Å²) in [6.45, 7) is 5.73. The van der Waals surface area contributed by atoms with Crippen LogP contribution in [0, 0.1) is 16.7 Å². The normalized spacial score (nSPS) is 35.8. The summed E-state index contributed by atoms with van der Waals surface area (Å²) >= 11 is 0. The van der Waals surface area contributed by atoms with E-state index < -0.39 is 101 Å². The number of hydrogen-bond donors (Lipinski definition) is 6. The molecule has 1 unspecified atom stereocenters. The molecule has 0 spiro atoms. The Morgan fingerprint density at radius 1 is 0.895 bits per heavy atom. The van der Waals surface area contributed by atoms with Crippen LogP contribution in [0.5, 0.6) is 0 Å². The third-order valence-corrected chi connectivity index (χ3v) is 13.7. The second-order valence-electron chi connectivity index (χ2n) is 17.2. The third kappa shape index (κ3) is 6.77. The van der Waals surface area contributed by atoms with Gasteiger partial charge in [-0.1, -0.05) is 68.8 Å². The van der Waals surface area contributed by atoms with Crippen molar-refractivity contribution in [2.45, 2.75) is 133 Å². The molecule has 6 N–H and O–H groups in total. The predicted octanol–water partition coefficient (Wildman–Crippen LogP) is 3.22. The molecule has 11 atom stereocenters. The molecule has 5 aliphatic rings. The first-order valence-corrected chi connectivity index (χ1v) is 19.8. The number of ketones is 1. The van der Waals surface area contributed by atoms with E-state index in [0.717, 1.165) is 19.3 Å². The minimum atomic E-state index is -2.30. The topological polar surface area (TPSA) is 218 Å². The number of aliphatic hydroxyl groups is 5. The van der Waals surface area contributed by atoms with Crippen molar-refractivity contribution in [3.8, 4) is 0 Å². The molecule has 2 aromatic carbocycles. The Bertz CT molecular complexity index is 1900. The van der Waals surface area contributed by atoms with Crippen LogP contribution in [0.1, 0.15) is 94.6 Å². The van der Waals surface area contributed by atoms with Gasteiger partial charge in [-0.25, -0.2) is 14.4 Å². The highest BCUT2D eigenvalue weighted by Crippen LogP contribution is 2.63. The minimum Gasteiger partial charge on any atom is -0.456 e. The van der Waals surface area contributed by atoms with Crippen molar-refractivity contribution < 1.29 is 63.7 Å². The molecule has 1 aliphatic heterocycles. The number of hydrogen-bond acceptors (Lipinski definition) is 13. The average Bonchev–Trinajstić information content (AvgIpc) is 3.19. The van der Waals surface area contributed by atoms with Crippen molar-refractivity contribution in [2.75, 3.05) is 6.61 Å². The fourth-order valence-corrected chi connectivity index (χ4v) is 10.2. The fourth-order valence-electron chi connectivity index (χ4n) is 10.2. The number of fused-ring (bicyclic) bond motifs is 5. The highest BCUT2D eigenvalue weighted by molar-refractivity contribution is 5.94. The van der Waals surface area contributed by atoms with Gasteiger partial charge in [0.1, 0.15) is 35.6 Å². The maximum absolute atomic E-state index is 14.7. The van der Waals surface area contributed by atoms with Gasteiger partial charge in [0, 0.05) is 24.2 Å². The van der Waals surface area contributed by atoms with Gasteiger partial charge in [-0.3, -0.25) is 4.79 Å². The summed E-state index contributed by atoms with van der Waals surface area (Å²) in [5.41, 5.74) is -7.11. The van der Waals surface area contributed by atoms with Crippen molar-refractivity contribution in [1.82, 2.24) is 5.32 Å². The van der Waals surface area contributed by atoms with Gasteiger partial charge in [0.25, 0.3) is 0 Å². The Balaban J connectivity index is 1.28. The minimum absolute atomic E-state index is 0.0334. The van der Waals surface area contributed by atoms with E-state index >= 15 is 0 Å². The first-order chi connectivity index (χ1) is 26.9.